The van der Waals surface area contributed by atoms with E-state index in [-0.39, 0.29) is 11.0 Å². The van der Waals surface area contributed by atoms with Crippen LogP contribution in [-0.2, 0) is 11.8 Å². The maximum atomic E-state index is 6.16. The molecule has 0 aliphatic heterocycles. The first-order chi connectivity index (χ1) is 27.3. The molecule has 270 valence electrons. The van der Waals surface area contributed by atoms with E-state index in [4.69, 9.17) is 4.42 Å². The van der Waals surface area contributed by atoms with Crippen LogP contribution < -0.4 is 4.90 Å². The lowest BCUT2D eigenvalue weighted by atomic mass is 9.80. The molecule has 2 heteroatoms. The molecule has 7 aromatic carbocycles. The summed E-state index contributed by atoms with van der Waals surface area (Å²) in [5.74, 6) is 0. The van der Waals surface area contributed by atoms with Crippen molar-refractivity contribution < 1.29 is 4.42 Å². The minimum atomic E-state index is -0.288. The van der Waals surface area contributed by atoms with Crippen LogP contribution in [0.1, 0.15) is 61.4 Å². The summed E-state index contributed by atoms with van der Waals surface area (Å²) in [5, 5.41) is 4.82. The lowest BCUT2D eigenvalue weighted by Crippen LogP contribution is -2.42. The van der Waals surface area contributed by atoms with E-state index in [1.54, 1.807) is 0 Å². The Bertz CT molecular complexity index is 3010. The largest absolute Gasteiger partial charge is 0.456 e. The van der Waals surface area contributed by atoms with Gasteiger partial charge in [0.05, 0.1) is 5.54 Å². The molecular formula is C54H43NO. The van der Waals surface area contributed by atoms with Crippen LogP contribution >= 0.6 is 0 Å². The Labute approximate surface area is 328 Å². The average Bonchev–Trinajstić information content (AvgIpc) is 3.72. The normalized spacial score (nSPS) is 17.9. The maximum Gasteiger partial charge on any atom is 0.135 e. The van der Waals surface area contributed by atoms with Crippen LogP contribution in [0.4, 0.5) is 11.4 Å². The molecule has 0 bridgehead atoms. The van der Waals surface area contributed by atoms with Crippen molar-refractivity contribution in [2.75, 3.05) is 4.90 Å². The van der Waals surface area contributed by atoms with Crippen molar-refractivity contribution >= 4 is 55.7 Å². The predicted octanol–water partition coefficient (Wildman–Crippen LogP) is 14.6. The number of nitrogens with zero attached hydrogens (tertiary/aromatic N) is 1. The molecule has 0 spiro atoms. The molecule has 0 fully saturated rings. The Morgan fingerprint density at radius 2 is 1.30 bits per heavy atom. The van der Waals surface area contributed by atoms with Crippen LogP contribution in [0.2, 0.25) is 0 Å². The molecule has 2 nitrogen and oxygen atoms in total. The van der Waals surface area contributed by atoms with Crippen LogP contribution in [0.3, 0.4) is 0 Å². The second kappa shape index (κ2) is 12.3. The van der Waals surface area contributed by atoms with E-state index in [0.29, 0.717) is 0 Å². The Morgan fingerprint density at radius 1 is 0.571 bits per heavy atom. The SMILES string of the molecule is CC1(C)c2cc(-c3ccc4oc5ccccc5c4c3)ccc2-c2ccc(N(c3ccc4ccccc4c3)C3(C)C=CC(c4cccc5c4C=CCC5)=CC3)cc21. The van der Waals surface area contributed by atoms with Gasteiger partial charge in [-0.05, 0) is 141 Å². The summed E-state index contributed by atoms with van der Waals surface area (Å²) in [5.41, 5.74) is 17.1. The van der Waals surface area contributed by atoms with Gasteiger partial charge in [-0.25, -0.2) is 0 Å². The van der Waals surface area contributed by atoms with E-state index in [1.165, 1.54) is 77.8 Å². The van der Waals surface area contributed by atoms with Crippen molar-refractivity contribution in [3.63, 3.8) is 0 Å². The highest BCUT2D eigenvalue weighted by molar-refractivity contribution is 6.06. The van der Waals surface area contributed by atoms with Gasteiger partial charge in [0.1, 0.15) is 11.2 Å². The number of fused-ring (bicyclic) bond motifs is 8. The van der Waals surface area contributed by atoms with Gasteiger partial charge in [-0.15, -0.1) is 0 Å². The van der Waals surface area contributed by atoms with Crippen LogP contribution in [0.15, 0.2) is 168 Å². The Balaban J connectivity index is 0.993. The molecule has 0 amide bonds. The summed E-state index contributed by atoms with van der Waals surface area (Å²) in [7, 11) is 0. The highest BCUT2D eigenvalue weighted by atomic mass is 16.3. The lowest BCUT2D eigenvalue weighted by Gasteiger charge is -2.43. The number of para-hydroxylation sites is 1. The smallest absolute Gasteiger partial charge is 0.135 e. The van der Waals surface area contributed by atoms with E-state index in [9.17, 15) is 0 Å². The van der Waals surface area contributed by atoms with Crippen molar-refractivity contribution in [3.05, 3.63) is 192 Å². The van der Waals surface area contributed by atoms with Crippen molar-refractivity contribution in [2.24, 2.45) is 0 Å². The Kier molecular flexibility index (Phi) is 7.26. The molecular weight excluding hydrogens is 679 g/mol. The van der Waals surface area contributed by atoms with E-state index < -0.39 is 0 Å². The summed E-state index contributed by atoms with van der Waals surface area (Å²) in [6, 6.07) is 51.6. The molecule has 11 rings (SSSR count). The number of furan rings is 1. The van der Waals surface area contributed by atoms with Gasteiger partial charge >= 0.3 is 0 Å². The third-order valence-electron chi connectivity index (χ3n) is 12.9. The first-order valence-corrected chi connectivity index (χ1v) is 20.0. The van der Waals surface area contributed by atoms with Crippen LogP contribution in [0, 0.1) is 0 Å². The molecule has 1 atom stereocenters. The average molecular weight is 722 g/mol. The van der Waals surface area contributed by atoms with E-state index in [2.05, 4.69) is 183 Å². The van der Waals surface area contributed by atoms with Gasteiger partial charge in [-0.2, -0.15) is 0 Å². The third kappa shape index (κ3) is 5.09. The zero-order valence-corrected chi connectivity index (χ0v) is 32.1. The number of hydrogen-bond donors (Lipinski definition) is 0. The molecule has 56 heavy (non-hydrogen) atoms. The Hall–Kier alpha value is -6.38. The minimum absolute atomic E-state index is 0.186. The number of anilines is 2. The van der Waals surface area contributed by atoms with Crippen molar-refractivity contribution in [1.82, 2.24) is 0 Å². The summed E-state index contributed by atoms with van der Waals surface area (Å²) >= 11 is 0. The molecule has 3 aliphatic carbocycles. The fourth-order valence-electron chi connectivity index (χ4n) is 9.81. The molecule has 1 aromatic heterocycles. The molecule has 0 radical (unpaired) electrons. The molecule has 1 heterocycles. The van der Waals surface area contributed by atoms with Crippen LogP contribution in [-0.4, -0.2) is 5.54 Å². The van der Waals surface area contributed by atoms with Gasteiger partial charge in [0.25, 0.3) is 0 Å². The first-order valence-electron chi connectivity index (χ1n) is 20.0. The number of rotatable bonds is 5. The van der Waals surface area contributed by atoms with Crippen LogP contribution in [0.25, 0.3) is 66.6 Å². The lowest BCUT2D eigenvalue weighted by molar-refractivity contribution is 0.570. The standard InChI is InChI=1S/C54H43NO/c1-53(2)49-33-40(39-21-26-52-48(32-39)47-16-8-9-18-51(47)56-52)20-24-45(49)46-25-23-42(34-50(46)53)55(41-22-19-35-11-4-5-13-38(35)31-41)54(3)29-27-37(28-30-54)44-17-10-14-36-12-6-7-15-43(36)44/h4-5,7-11,13-29,31-34H,6,12,30H2,1-3H3. The summed E-state index contributed by atoms with van der Waals surface area (Å²) in [6.07, 6.45) is 15.0. The molecule has 8 aromatic rings. The monoisotopic (exact) mass is 721 g/mol. The molecule has 0 saturated carbocycles. The van der Waals surface area contributed by atoms with Gasteiger partial charge < -0.3 is 9.32 Å². The minimum Gasteiger partial charge on any atom is -0.456 e. The zero-order valence-electron chi connectivity index (χ0n) is 32.1. The number of allylic oxidation sites excluding steroid dienone is 3. The first kappa shape index (κ1) is 33.0. The number of hydrogen-bond acceptors (Lipinski definition) is 2. The number of benzene rings is 7. The fourth-order valence-corrected chi connectivity index (χ4v) is 9.81. The third-order valence-corrected chi connectivity index (χ3v) is 12.9. The highest BCUT2D eigenvalue weighted by Gasteiger charge is 2.38. The Morgan fingerprint density at radius 3 is 2.18 bits per heavy atom. The topological polar surface area (TPSA) is 16.4 Å². The van der Waals surface area contributed by atoms with Crippen molar-refractivity contribution in [2.45, 2.75) is 51.0 Å². The van der Waals surface area contributed by atoms with Gasteiger partial charge in [-0.1, -0.05) is 135 Å². The molecule has 0 N–H and O–H groups in total. The fraction of sp³-hybridized carbons (Fsp3) is 0.148. The van der Waals surface area contributed by atoms with Gasteiger partial charge in [-0.3, -0.25) is 0 Å². The van der Waals surface area contributed by atoms with Gasteiger partial charge in [0, 0.05) is 27.6 Å². The second-order valence-corrected chi connectivity index (χ2v) is 16.7. The van der Waals surface area contributed by atoms with E-state index >= 15 is 0 Å². The van der Waals surface area contributed by atoms with Crippen LogP contribution in [0.5, 0.6) is 0 Å². The predicted molar refractivity (Wildman–Crippen MR) is 237 cm³/mol. The van der Waals surface area contributed by atoms with E-state index in [1.807, 2.05) is 12.1 Å². The van der Waals surface area contributed by atoms with Crippen molar-refractivity contribution in [3.8, 4) is 22.3 Å². The summed E-state index contributed by atoms with van der Waals surface area (Å²) in [4.78, 5) is 2.58. The summed E-state index contributed by atoms with van der Waals surface area (Å²) in [6.45, 7) is 7.18. The molecule has 1 unspecified atom stereocenters. The maximum absolute atomic E-state index is 6.16. The summed E-state index contributed by atoms with van der Waals surface area (Å²) < 4.78 is 6.16. The quantitative estimate of drug-likeness (QED) is 0.176. The van der Waals surface area contributed by atoms with Crippen molar-refractivity contribution in [1.29, 1.82) is 0 Å². The molecule has 3 aliphatic rings. The highest BCUT2D eigenvalue weighted by Crippen LogP contribution is 2.52. The molecule has 0 saturated heterocycles. The van der Waals surface area contributed by atoms with E-state index in [0.717, 1.165) is 41.2 Å². The van der Waals surface area contributed by atoms with Gasteiger partial charge in [0.15, 0.2) is 0 Å². The zero-order chi connectivity index (χ0) is 37.6. The van der Waals surface area contributed by atoms with Gasteiger partial charge in [0.2, 0.25) is 0 Å². The second-order valence-electron chi connectivity index (χ2n) is 16.7. The number of aryl methyl sites for hydroxylation is 1.